The lowest BCUT2D eigenvalue weighted by molar-refractivity contribution is -0.146. The highest BCUT2D eigenvalue weighted by atomic mass is 16.6. The van der Waals surface area contributed by atoms with Gasteiger partial charge >= 0.3 is 5.97 Å². The Hall–Kier alpha value is -2.49. The van der Waals surface area contributed by atoms with E-state index in [4.69, 9.17) is 15.6 Å². The highest BCUT2D eigenvalue weighted by Gasteiger charge is 2.22. The maximum Gasteiger partial charge on any atom is 0.322 e. The van der Waals surface area contributed by atoms with Crippen molar-refractivity contribution in [1.29, 1.82) is 0 Å². The van der Waals surface area contributed by atoms with Gasteiger partial charge in [0.1, 0.15) is 6.54 Å². The van der Waals surface area contributed by atoms with Crippen LogP contribution in [0.15, 0.2) is 30.3 Å². The van der Waals surface area contributed by atoms with Gasteiger partial charge in [0.2, 0.25) is 18.2 Å². The average Bonchev–Trinajstić information content (AvgIpc) is 2.55. The minimum atomic E-state index is -1.47. The van der Waals surface area contributed by atoms with Gasteiger partial charge in [0.15, 0.2) is 0 Å². The Morgan fingerprint density at radius 2 is 1.88 bits per heavy atom. The predicted molar refractivity (Wildman–Crippen MR) is 83.2 cm³/mol. The van der Waals surface area contributed by atoms with E-state index >= 15 is 0 Å². The van der Waals surface area contributed by atoms with Gasteiger partial charge in [-0.1, -0.05) is 30.3 Å². The van der Waals surface area contributed by atoms with E-state index in [1.165, 1.54) is 0 Å². The van der Waals surface area contributed by atoms with Crippen LogP contribution in [0.1, 0.15) is 18.4 Å². The standard InChI is InChI=1S/C15H21N3O6/c16-12(19)7-6-11(14(22)17-8-13(20)21)18-15(23)24-9-10-4-2-1-3-5-10/h1-5,11,15,18,23H,6-9H2,(H2,16,19)(H,17,22)(H,20,21)/t11-,15?/m0/s1. The molecular formula is C15H21N3O6. The van der Waals surface area contributed by atoms with Crippen molar-refractivity contribution in [2.24, 2.45) is 5.73 Å². The predicted octanol–water partition coefficient (Wildman–Crippen LogP) is -1.10. The maximum absolute atomic E-state index is 11.9. The fourth-order valence-corrected chi connectivity index (χ4v) is 1.83. The third-order valence-corrected chi connectivity index (χ3v) is 3.00. The first kappa shape index (κ1) is 19.6. The summed E-state index contributed by atoms with van der Waals surface area (Å²) < 4.78 is 5.17. The van der Waals surface area contributed by atoms with Crippen LogP contribution in [-0.2, 0) is 25.7 Å². The summed E-state index contributed by atoms with van der Waals surface area (Å²) in [5, 5.41) is 23.0. The molecule has 24 heavy (non-hydrogen) atoms. The van der Waals surface area contributed by atoms with Crippen molar-refractivity contribution in [2.75, 3.05) is 6.54 Å². The van der Waals surface area contributed by atoms with Crippen LogP contribution in [0, 0.1) is 0 Å². The number of aliphatic hydroxyl groups excluding tert-OH is 1. The van der Waals surface area contributed by atoms with Crippen molar-refractivity contribution in [1.82, 2.24) is 10.6 Å². The molecule has 0 spiro atoms. The number of nitrogens with two attached hydrogens (primary N) is 1. The number of carboxylic acids is 1. The number of rotatable bonds is 11. The van der Waals surface area contributed by atoms with Crippen LogP contribution < -0.4 is 16.4 Å². The fraction of sp³-hybridized carbons (Fsp3) is 0.400. The van der Waals surface area contributed by atoms with Gasteiger partial charge < -0.3 is 26.0 Å². The van der Waals surface area contributed by atoms with Crippen LogP contribution in [0.5, 0.6) is 0 Å². The van der Waals surface area contributed by atoms with Crippen LogP contribution in [0.2, 0.25) is 0 Å². The topological polar surface area (TPSA) is 151 Å². The normalized spacial score (nSPS) is 13.0. The minimum absolute atomic E-state index is 0.00740. The summed E-state index contributed by atoms with van der Waals surface area (Å²) in [5.41, 5.74) is 5.86. The van der Waals surface area contributed by atoms with Crippen molar-refractivity contribution < 1.29 is 29.3 Å². The second kappa shape index (κ2) is 10.3. The molecular weight excluding hydrogens is 318 g/mol. The smallest absolute Gasteiger partial charge is 0.322 e. The van der Waals surface area contributed by atoms with Gasteiger partial charge in [-0.25, -0.2) is 0 Å². The fourth-order valence-electron chi connectivity index (χ4n) is 1.83. The summed E-state index contributed by atoms with van der Waals surface area (Å²) in [6, 6.07) is 8.04. The van der Waals surface area contributed by atoms with Gasteiger partial charge in [-0.15, -0.1) is 0 Å². The van der Waals surface area contributed by atoms with E-state index in [1.807, 2.05) is 18.2 Å². The summed E-state index contributed by atoms with van der Waals surface area (Å²) in [6.07, 6.45) is -1.59. The molecule has 1 rings (SSSR count). The molecule has 132 valence electrons. The Kier molecular flexibility index (Phi) is 8.41. The van der Waals surface area contributed by atoms with Gasteiger partial charge in [-0.05, 0) is 12.0 Å². The number of hydrogen-bond acceptors (Lipinski definition) is 6. The van der Waals surface area contributed by atoms with Gasteiger partial charge in [0, 0.05) is 6.42 Å². The zero-order valence-electron chi connectivity index (χ0n) is 13.0. The Labute approximate surface area is 138 Å². The van der Waals surface area contributed by atoms with Crippen LogP contribution in [-0.4, -0.2) is 47.0 Å². The molecule has 1 unspecified atom stereocenters. The zero-order valence-corrected chi connectivity index (χ0v) is 13.0. The summed E-state index contributed by atoms with van der Waals surface area (Å²) in [7, 11) is 0. The zero-order chi connectivity index (χ0) is 17.9. The third-order valence-electron chi connectivity index (χ3n) is 3.00. The SMILES string of the molecule is NC(=O)CC[C@H](NC(O)OCc1ccccc1)C(=O)NCC(=O)O. The first-order valence-electron chi connectivity index (χ1n) is 7.26. The number of benzene rings is 1. The van der Waals surface area contributed by atoms with Crippen molar-refractivity contribution >= 4 is 17.8 Å². The number of aliphatic carboxylic acids is 1. The highest BCUT2D eigenvalue weighted by Crippen LogP contribution is 2.04. The number of carbonyl (C=O) groups excluding carboxylic acids is 2. The molecule has 9 heteroatoms. The van der Waals surface area contributed by atoms with Crippen molar-refractivity contribution in [3.63, 3.8) is 0 Å². The van der Waals surface area contributed by atoms with Crippen LogP contribution >= 0.6 is 0 Å². The first-order chi connectivity index (χ1) is 11.4. The van der Waals surface area contributed by atoms with E-state index in [0.29, 0.717) is 0 Å². The number of amides is 2. The minimum Gasteiger partial charge on any atom is -0.480 e. The first-order valence-corrected chi connectivity index (χ1v) is 7.26. The molecule has 6 N–H and O–H groups in total. The van der Waals surface area contributed by atoms with E-state index in [-0.39, 0.29) is 19.4 Å². The lowest BCUT2D eigenvalue weighted by atomic mass is 10.1. The quantitative estimate of drug-likeness (QED) is 0.321. The van der Waals surface area contributed by atoms with Crippen LogP contribution in [0.3, 0.4) is 0 Å². The molecule has 0 radical (unpaired) electrons. The van der Waals surface area contributed by atoms with Gasteiger partial charge in [-0.3, -0.25) is 19.7 Å². The van der Waals surface area contributed by atoms with E-state index in [2.05, 4.69) is 10.6 Å². The summed E-state index contributed by atoms with van der Waals surface area (Å²) in [5.74, 6) is -2.51. The van der Waals surface area contributed by atoms with Gasteiger partial charge in [-0.2, -0.15) is 0 Å². The number of ether oxygens (including phenoxy) is 1. The Morgan fingerprint density at radius 3 is 2.46 bits per heavy atom. The third kappa shape index (κ3) is 8.22. The molecule has 0 aliphatic rings. The Morgan fingerprint density at radius 1 is 1.21 bits per heavy atom. The van der Waals surface area contributed by atoms with Gasteiger partial charge in [0.05, 0.1) is 12.6 Å². The molecule has 2 atom stereocenters. The van der Waals surface area contributed by atoms with E-state index in [0.717, 1.165) is 5.56 Å². The number of carboxylic acid groups (broad SMARTS) is 1. The van der Waals surface area contributed by atoms with Crippen LogP contribution in [0.25, 0.3) is 0 Å². The molecule has 0 aliphatic carbocycles. The molecule has 0 saturated carbocycles. The molecule has 9 nitrogen and oxygen atoms in total. The average molecular weight is 339 g/mol. The van der Waals surface area contributed by atoms with E-state index in [1.54, 1.807) is 12.1 Å². The number of nitrogens with one attached hydrogen (secondary N) is 2. The molecule has 0 fully saturated rings. The largest absolute Gasteiger partial charge is 0.480 e. The number of carbonyl (C=O) groups is 3. The van der Waals surface area contributed by atoms with E-state index in [9.17, 15) is 19.5 Å². The number of primary amides is 1. The highest BCUT2D eigenvalue weighted by molar-refractivity contribution is 5.85. The maximum atomic E-state index is 11.9. The number of aliphatic hydroxyl groups is 1. The summed E-state index contributed by atoms with van der Waals surface area (Å²) >= 11 is 0. The summed E-state index contributed by atoms with van der Waals surface area (Å²) in [4.78, 5) is 33.3. The Balaban J connectivity index is 2.53. The Bertz CT molecular complexity index is 551. The van der Waals surface area contributed by atoms with E-state index < -0.39 is 36.8 Å². The van der Waals surface area contributed by atoms with Crippen LogP contribution in [0.4, 0.5) is 0 Å². The second-order valence-corrected chi connectivity index (χ2v) is 4.98. The molecule has 2 amide bonds. The molecule has 0 aromatic heterocycles. The lowest BCUT2D eigenvalue weighted by Gasteiger charge is -2.21. The molecule has 0 aliphatic heterocycles. The van der Waals surface area contributed by atoms with Crippen molar-refractivity contribution in [3.05, 3.63) is 35.9 Å². The molecule has 0 saturated heterocycles. The molecule has 1 aromatic rings. The van der Waals surface area contributed by atoms with Crippen molar-refractivity contribution in [3.8, 4) is 0 Å². The lowest BCUT2D eigenvalue weighted by Crippen LogP contribution is -2.50. The van der Waals surface area contributed by atoms with Crippen molar-refractivity contribution in [2.45, 2.75) is 31.9 Å². The molecule has 1 aromatic carbocycles. The molecule has 0 heterocycles. The number of hydrogen-bond donors (Lipinski definition) is 5. The summed E-state index contributed by atoms with van der Waals surface area (Å²) in [6.45, 7) is -0.469. The monoisotopic (exact) mass is 339 g/mol. The second-order valence-electron chi connectivity index (χ2n) is 4.98. The molecule has 0 bridgehead atoms. The van der Waals surface area contributed by atoms with Gasteiger partial charge in [0.25, 0.3) is 0 Å².